The Hall–Kier alpha value is -1.43. The van der Waals surface area contributed by atoms with Gasteiger partial charge in [-0.25, -0.2) is 4.68 Å². The summed E-state index contributed by atoms with van der Waals surface area (Å²) < 4.78 is 1.77. The first-order valence-electron chi connectivity index (χ1n) is 6.08. The van der Waals surface area contributed by atoms with Crippen LogP contribution in [0.2, 0.25) is 0 Å². The average molecular weight is 236 g/mol. The van der Waals surface area contributed by atoms with Gasteiger partial charge in [-0.1, -0.05) is 5.21 Å². The van der Waals surface area contributed by atoms with Crippen LogP contribution in [-0.2, 0) is 11.4 Å². The summed E-state index contributed by atoms with van der Waals surface area (Å²) in [5.41, 5.74) is 0.581. The fraction of sp³-hybridized carbons (Fsp3) is 0.727. The van der Waals surface area contributed by atoms with Crippen LogP contribution >= 0.6 is 0 Å². The second-order valence-electron chi connectivity index (χ2n) is 4.85. The molecule has 6 heteroatoms. The molecule has 2 heterocycles. The van der Waals surface area contributed by atoms with Crippen molar-refractivity contribution in [2.75, 3.05) is 13.1 Å². The Balaban J connectivity index is 1.64. The number of hydrogen-bond donors (Lipinski definition) is 1. The number of aliphatic hydroxyl groups is 1. The van der Waals surface area contributed by atoms with E-state index in [0.29, 0.717) is 11.6 Å². The van der Waals surface area contributed by atoms with Crippen LogP contribution in [0.4, 0.5) is 0 Å². The zero-order valence-corrected chi connectivity index (χ0v) is 9.62. The highest BCUT2D eigenvalue weighted by molar-refractivity contribution is 5.81. The molecular formula is C11H16N4O2. The van der Waals surface area contributed by atoms with E-state index in [0.717, 1.165) is 32.4 Å². The maximum atomic E-state index is 11.9. The molecule has 0 bridgehead atoms. The van der Waals surface area contributed by atoms with Crippen LogP contribution in [0.5, 0.6) is 0 Å². The van der Waals surface area contributed by atoms with Crippen LogP contribution in [0, 0.1) is 5.92 Å². The molecule has 92 valence electrons. The van der Waals surface area contributed by atoms with E-state index >= 15 is 0 Å². The number of carbonyl (C=O) groups excluding carboxylic acids is 1. The Labute approximate surface area is 99.2 Å². The third-order valence-electron chi connectivity index (χ3n) is 3.50. The quantitative estimate of drug-likeness (QED) is 0.799. The average Bonchev–Trinajstić information content (AvgIpc) is 2.91. The van der Waals surface area contributed by atoms with Crippen molar-refractivity contribution in [2.45, 2.75) is 31.9 Å². The fourth-order valence-electron chi connectivity index (χ4n) is 2.31. The molecule has 2 fully saturated rings. The molecule has 0 radical (unpaired) electrons. The van der Waals surface area contributed by atoms with Crippen molar-refractivity contribution in [2.24, 2.45) is 5.92 Å². The second kappa shape index (κ2) is 4.10. The van der Waals surface area contributed by atoms with Gasteiger partial charge in [0.2, 0.25) is 5.91 Å². The van der Waals surface area contributed by atoms with E-state index in [1.54, 1.807) is 10.9 Å². The first-order valence-corrected chi connectivity index (χ1v) is 6.08. The molecule has 1 atom stereocenters. The summed E-state index contributed by atoms with van der Waals surface area (Å²) in [6, 6.07) is 0.213. The molecule has 0 unspecified atom stereocenters. The molecule has 1 saturated carbocycles. The zero-order valence-electron chi connectivity index (χ0n) is 9.62. The van der Waals surface area contributed by atoms with Crippen molar-refractivity contribution in [1.82, 2.24) is 19.9 Å². The Bertz CT molecular complexity index is 427. The van der Waals surface area contributed by atoms with E-state index < -0.39 is 0 Å². The van der Waals surface area contributed by atoms with Gasteiger partial charge in [-0.15, -0.1) is 5.10 Å². The summed E-state index contributed by atoms with van der Waals surface area (Å²) in [4.78, 5) is 13.8. The minimum Gasteiger partial charge on any atom is -0.390 e. The van der Waals surface area contributed by atoms with Crippen LogP contribution in [-0.4, -0.2) is 44.0 Å². The highest BCUT2D eigenvalue weighted by atomic mass is 16.3. The van der Waals surface area contributed by atoms with E-state index in [2.05, 4.69) is 10.3 Å². The number of aromatic nitrogens is 3. The molecule has 2 aliphatic rings. The summed E-state index contributed by atoms with van der Waals surface area (Å²) in [7, 11) is 0. The number of rotatable bonds is 3. The Morgan fingerprint density at radius 2 is 2.29 bits per heavy atom. The molecule has 1 aliphatic heterocycles. The molecule has 6 nitrogen and oxygen atoms in total. The first kappa shape index (κ1) is 10.7. The summed E-state index contributed by atoms with van der Waals surface area (Å²) in [6.07, 6.45) is 4.79. The number of amides is 1. The lowest BCUT2D eigenvalue weighted by atomic mass is 10.3. The SMILES string of the molecule is O=C(C1CC1)N1CC[C@H](n2cc(CO)nn2)C1. The van der Waals surface area contributed by atoms with Crippen molar-refractivity contribution in [3.8, 4) is 0 Å². The van der Waals surface area contributed by atoms with Crippen LogP contribution in [0.15, 0.2) is 6.20 Å². The highest BCUT2D eigenvalue weighted by Gasteiger charge is 2.37. The van der Waals surface area contributed by atoms with Crippen molar-refractivity contribution >= 4 is 5.91 Å². The van der Waals surface area contributed by atoms with Gasteiger partial charge < -0.3 is 10.0 Å². The maximum absolute atomic E-state index is 11.9. The lowest BCUT2D eigenvalue weighted by molar-refractivity contribution is -0.131. The molecule has 1 N–H and O–H groups in total. The van der Waals surface area contributed by atoms with Gasteiger partial charge in [0.15, 0.2) is 0 Å². The fourth-order valence-corrected chi connectivity index (χ4v) is 2.31. The molecule has 17 heavy (non-hydrogen) atoms. The van der Waals surface area contributed by atoms with E-state index in [-0.39, 0.29) is 18.6 Å². The molecule has 1 saturated heterocycles. The predicted molar refractivity (Wildman–Crippen MR) is 58.9 cm³/mol. The number of nitrogens with zero attached hydrogens (tertiary/aromatic N) is 4. The maximum Gasteiger partial charge on any atom is 0.225 e. The van der Waals surface area contributed by atoms with Crippen LogP contribution in [0.25, 0.3) is 0 Å². The molecule has 0 spiro atoms. The Morgan fingerprint density at radius 1 is 1.47 bits per heavy atom. The normalized spacial score (nSPS) is 24.3. The summed E-state index contributed by atoms with van der Waals surface area (Å²) in [6.45, 7) is 1.45. The number of likely N-dealkylation sites (tertiary alicyclic amines) is 1. The number of hydrogen-bond acceptors (Lipinski definition) is 4. The highest BCUT2D eigenvalue weighted by Crippen LogP contribution is 2.33. The van der Waals surface area contributed by atoms with Gasteiger partial charge in [0.1, 0.15) is 5.69 Å². The molecule has 3 rings (SSSR count). The zero-order chi connectivity index (χ0) is 11.8. The minimum absolute atomic E-state index is 0.0859. The number of carbonyl (C=O) groups is 1. The predicted octanol–water partition coefficient (Wildman–Crippen LogP) is -0.0462. The Kier molecular flexibility index (Phi) is 2.58. The largest absolute Gasteiger partial charge is 0.390 e. The van der Waals surface area contributed by atoms with Crippen LogP contribution in [0.3, 0.4) is 0 Å². The monoisotopic (exact) mass is 236 g/mol. The van der Waals surface area contributed by atoms with Gasteiger partial charge in [0, 0.05) is 19.0 Å². The van der Waals surface area contributed by atoms with Gasteiger partial charge in [-0.3, -0.25) is 4.79 Å². The molecule has 1 aromatic heterocycles. The van der Waals surface area contributed by atoms with Crippen molar-refractivity contribution in [3.05, 3.63) is 11.9 Å². The van der Waals surface area contributed by atoms with Gasteiger partial charge in [-0.2, -0.15) is 0 Å². The third kappa shape index (κ3) is 2.04. The lowest BCUT2D eigenvalue weighted by Crippen LogP contribution is -2.30. The van der Waals surface area contributed by atoms with E-state index in [4.69, 9.17) is 5.11 Å². The number of aliphatic hydroxyl groups excluding tert-OH is 1. The third-order valence-corrected chi connectivity index (χ3v) is 3.50. The van der Waals surface area contributed by atoms with Gasteiger partial charge in [0.25, 0.3) is 0 Å². The standard InChI is InChI=1S/C11H16N4O2/c16-7-9-5-15(13-12-9)10-3-4-14(6-10)11(17)8-1-2-8/h5,8,10,16H,1-4,6-7H2/t10-/m0/s1. The summed E-state index contributed by atoms with van der Waals surface area (Å²) in [5.74, 6) is 0.590. The summed E-state index contributed by atoms with van der Waals surface area (Å²) in [5, 5.41) is 16.8. The second-order valence-corrected chi connectivity index (χ2v) is 4.85. The minimum atomic E-state index is -0.0859. The van der Waals surface area contributed by atoms with E-state index in [9.17, 15) is 4.79 Å². The molecular weight excluding hydrogens is 220 g/mol. The van der Waals surface area contributed by atoms with Crippen LogP contribution < -0.4 is 0 Å². The van der Waals surface area contributed by atoms with Crippen molar-refractivity contribution in [3.63, 3.8) is 0 Å². The van der Waals surface area contributed by atoms with Gasteiger partial charge in [-0.05, 0) is 19.3 Å². The van der Waals surface area contributed by atoms with E-state index in [1.165, 1.54) is 0 Å². The van der Waals surface area contributed by atoms with Crippen molar-refractivity contribution < 1.29 is 9.90 Å². The Morgan fingerprint density at radius 3 is 2.94 bits per heavy atom. The lowest BCUT2D eigenvalue weighted by Gasteiger charge is -2.15. The smallest absolute Gasteiger partial charge is 0.225 e. The first-order chi connectivity index (χ1) is 8.28. The van der Waals surface area contributed by atoms with Gasteiger partial charge >= 0.3 is 0 Å². The van der Waals surface area contributed by atoms with Crippen LogP contribution in [0.1, 0.15) is 31.0 Å². The summed E-state index contributed by atoms with van der Waals surface area (Å²) >= 11 is 0. The molecule has 0 aromatic carbocycles. The molecule has 1 aromatic rings. The molecule has 1 amide bonds. The van der Waals surface area contributed by atoms with E-state index in [1.807, 2.05) is 4.90 Å². The van der Waals surface area contributed by atoms with Crippen molar-refractivity contribution in [1.29, 1.82) is 0 Å². The van der Waals surface area contributed by atoms with Gasteiger partial charge in [0.05, 0.1) is 18.8 Å². The topological polar surface area (TPSA) is 71.2 Å². The molecule has 1 aliphatic carbocycles.